The molecular weight excluding hydrogens is 389 g/mol. The molecule has 1 heterocycles. The second-order valence-electron chi connectivity index (χ2n) is 5.58. The second kappa shape index (κ2) is 8.83. The zero-order chi connectivity index (χ0) is 20.9. The minimum Gasteiger partial charge on any atom is -0.456 e. The predicted octanol–water partition coefficient (Wildman–Crippen LogP) is 3.93. The van der Waals surface area contributed by atoms with Gasteiger partial charge in [0.25, 0.3) is 0 Å². The number of likely N-dealkylation sites (N-methyl/N-ethyl adjacent to an activating group) is 1. The maximum atomic E-state index is 13.2. The summed E-state index contributed by atoms with van der Waals surface area (Å²) < 4.78 is 68.6. The van der Waals surface area contributed by atoms with Crippen LogP contribution >= 0.6 is 0 Å². The average molecular weight is 405 g/mol. The van der Waals surface area contributed by atoms with E-state index in [1.165, 1.54) is 31.3 Å². The van der Waals surface area contributed by atoms with Crippen molar-refractivity contribution in [3.63, 3.8) is 0 Å². The number of anilines is 1. The quantitative estimate of drug-likeness (QED) is 0.715. The molecule has 1 atom stereocenters. The number of nitrogens with zero attached hydrogens (tertiary/aromatic N) is 2. The maximum Gasteiger partial charge on any atom is 0.416 e. The maximum absolute atomic E-state index is 13.2. The number of aromatic nitrogens is 1. The lowest BCUT2D eigenvalue weighted by molar-refractivity contribution is -0.206. The molecule has 0 aliphatic heterocycles. The van der Waals surface area contributed by atoms with E-state index in [9.17, 15) is 26.7 Å². The van der Waals surface area contributed by atoms with E-state index in [4.69, 9.17) is 9.84 Å². The van der Waals surface area contributed by atoms with Crippen molar-refractivity contribution in [3.8, 4) is 11.5 Å². The summed E-state index contributed by atoms with van der Waals surface area (Å²) in [7, 11) is 0. The number of ether oxygens (including phenoxy) is 1. The fourth-order valence-corrected chi connectivity index (χ4v) is 2.05. The van der Waals surface area contributed by atoms with E-state index in [0.29, 0.717) is 0 Å². The fraction of sp³-hybridized carbons (Fsp3) is 0.294. The average Bonchev–Trinajstić information content (AvgIpc) is 2.63. The van der Waals surface area contributed by atoms with Crippen LogP contribution in [-0.2, 0) is 0 Å². The van der Waals surface area contributed by atoms with E-state index >= 15 is 0 Å². The minimum absolute atomic E-state index is 0.0163. The normalized spacial score (nSPS) is 12.4. The summed E-state index contributed by atoms with van der Waals surface area (Å²) in [5.41, 5.74) is 0. The van der Waals surface area contributed by atoms with E-state index in [-0.39, 0.29) is 23.9 Å². The van der Waals surface area contributed by atoms with Crippen molar-refractivity contribution < 1.29 is 36.6 Å². The third-order valence-electron chi connectivity index (χ3n) is 3.54. The smallest absolute Gasteiger partial charge is 0.416 e. The lowest BCUT2D eigenvalue weighted by atomic mass is 10.3. The van der Waals surface area contributed by atoms with Gasteiger partial charge >= 0.3 is 12.2 Å². The molecule has 0 radical (unpaired) electrons. The van der Waals surface area contributed by atoms with Crippen LogP contribution in [0.4, 0.5) is 32.6 Å². The molecule has 0 fully saturated rings. The number of aliphatic hydroxyl groups excluding tert-OH is 1. The van der Waals surface area contributed by atoms with Crippen molar-refractivity contribution in [2.75, 3.05) is 18.4 Å². The van der Waals surface area contributed by atoms with Gasteiger partial charge in [0.15, 0.2) is 17.7 Å². The van der Waals surface area contributed by atoms with Crippen molar-refractivity contribution in [2.24, 2.45) is 0 Å². The van der Waals surface area contributed by atoms with Crippen LogP contribution in [0.15, 0.2) is 36.5 Å². The molecule has 152 valence electrons. The van der Waals surface area contributed by atoms with Crippen molar-refractivity contribution in [1.82, 2.24) is 9.88 Å². The number of rotatable bonds is 6. The largest absolute Gasteiger partial charge is 0.456 e. The minimum atomic E-state index is -4.84. The summed E-state index contributed by atoms with van der Waals surface area (Å²) in [6.07, 6.45) is -6.33. The Hall–Kier alpha value is -2.95. The first-order chi connectivity index (χ1) is 13.1. The van der Waals surface area contributed by atoms with Crippen molar-refractivity contribution in [1.29, 1.82) is 0 Å². The Labute approximate surface area is 156 Å². The molecule has 0 spiro atoms. The van der Waals surface area contributed by atoms with Crippen molar-refractivity contribution in [3.05, 3.63) is 48.2 Å². The zero-order valence-electron chi connectivity index (χ0n) is 14.5. The second-order valence-corrected chi connectivity index (χ2v) is 5.58. The third-order valence-corrected chi connectivity index (χ3v) is 3.54. The van der Waals surface area contributed by atoms with Crippen molar-refractivity contribution in [2.45, 2.75) is 19.2 Å². The van der Waals surface area contributed by atoms with E-state index < -0.39 is 36.5 Å². The zero-order valence-corrected chi connectivity index (χ0v) is 14.5. The number of pyridine rings is 1. The number of aliphatic hydroxyl groups is 1. The molecule has 2 amide bonds. The molecule has 0 saturated carbocycles. The van der Waals surface area contributed by atoms with Crippen LogP contribution in [0.25, 0.3) is 0 Å². The highest BCUT2D eigenvalue weighted by molar-refractivity contribution is 5.88. The third kappa shape index (κ3) is 5.78. The Morgan fingerprint density at radius 3 is 2.43 bits per heavy atom. The SMILES string of the molecule is CCN(C[C@@H](O)C(F)(F)F)C(=O)Nc1ccc(Oc2ccc(F)c(F)c2)cn1. The Balaban J connectivity index is 1.98. The molecule has 0 saturated heterocycles. The Kier molecular flexibility index (Phi) is 6.73. The summed E-state index contributed by atoms with van der Waals surface area (Å²) >= 11 is 0. The number of benzene rings is 1. The van der Waals surface area contributed by atoms with Crippen molar-refractivity contribution >= 4 is 11.8 Å². The number of carbonyl (C=O) groups is 1. The number of hydrogen-bond donors (Lipinski definition) is 2. The Morgan fingerprint density at radius 1 is 1.21 bits per heavy atom. The topological polar surface area (TPSA) is 74.7 Å². The molecule has 6 nitrogen and oxygen atoms in total. The first-order valence-electron chi connectivity index (χ1n) is 7.99. The molecule has 2 aromatic rings. The van der Waals surface area contributed by atoms with Gasteiger partial charge in [-0.3, -0.25) is 5.32 Å². The highest BCUT2D eigenvalue weighted by Crippen LogP contribution is 2.24. The predicted molar refractivity (Wildman–Crippen MR) is 89.0 cm³/mol. The first-order valence-corrected chi connectivity index (χ1v) is 7.99. The number of amides is 2. The van der Waals surface area contributed by atoms with Gasteiger partial charge in [-0.25, -0.2) is 18.6 Å². The van der Waals surface area contributed by atoms with Gasteiger partial charge in [-0.2, -0.15) is 13.2 Å². The number of carbonyl (C=O) groups excluding carboxylic acids is 1. The monoisotopic (exact) mass is 405 g/mol. The Morgan fingerprint density at radius 2 is 1.89 bits per heavy atom. The molecule has 0 aliphatic rings. The number of hydrogen-bond acceptors (Lipinski definition) is 4. The standard InChI is InChI=1S/C17H16F5N3O3/c1-2-25(9-14(26)17(20,21)22)16(27)24-15-6-4-11(8-23-15)28-10-3-5-12(18)13(19)7-10/h3-8,14,26H,2,9H2,1H3,(H,23,24,27)/t14-/m1/s1. The highest BCUT2D eigenvalue weighted by atomic mass is 19.4. The summed E-state index contributed by atoms with van der Waals surface area (Å²) in [5, 5.41) is 11.4. The molecular formula is C17H16F5N3O3. The van der Waals surface area contributed by atoms with Gasteiger partial charge in [-0.05, 0) is 31.2 Å². The first kappa shape index (κ1) is 21.4. The molecule has 0 unspecified atom stereocenters. The lowest BCUT2D eigenvalue weighted by Crippen LogP contribution is -2.45. The van der Waals surface area contributed by atoms with Gasteiger partial charge in [-0.1, -0.05) is 0 Å². The molecule has 1 aromatic carbocycles. The van der Waals surface area contributed by atoms with Crippen LogP contribution in [0, 0.1) is 11.6 Å². The van der Waals surface area contributed by atoms with Crippen LogP contribution in [0.2, 0.25) is 0 Å². The van der Waals surface area contributed by atoms with Gasteiger partial charge in [0, 0.05) is 12.6 Å². The summed E-state index contributed by atoms with van der Waals surface area (Å²) in [5.74, 6) is -1.92. The van der Waals surface area contributed by atoms with E-state index in [0.717, 1.165) is 17.0 Å². The molecule has 28 heavy (non-hydrogen) atoms. The van der Waals surface area contributed by atoms with Crippen LogP contribution in [-0.4, -0.2) is 46.4 Å². The lowest BCUT2D eigenvalue weighted by Gasteiger charge is -2.25. The molecule has 0 bridgehead atoms. The molecule has 2 rings (SSSR count). The van der Waals surface area contributed by atoms with Crippen LogP contribution in [0.5, 0.6) is 11.5 Å². The summed E-state index contributed by atoms with van der Waals surface area (Å²) in [6.45, 7) is 0.453. The van der Waals surface area contributed by atoms with Crippen LogP contribution in [0.3, 0.4) is 0 Å². The van der Waals surface area contributed by atoms with Crippen LogP contribution < -0.4 is 10.1 Å². The number of halogens is 5. The van der Waals surface area contributed by atoms with E-state index in [1.807, 2.05) is 0 Å². The molecule has 0 aliphatic carbocycles. The summed E-state index contributed by atoms with van der Waals surface area (Å²) in [4.78, 5) is 16.7. The molecule has 11 heteroatoms. The van der Waals surface area contributed by atoms with Gasteiger partial charge in [0.05, 0.1) is 12.7 Å². The summed E-state index contributed by atoms with van der Waals surface area (Å²) in [6, 6.07) is 4.73. The van der Waals surface area contributed by atoms with Gasteiger partial charge in [0.1, 0.15) is 17.3 Å². The van der Waals surface area contributed by atoms with Gasteiger partial charge < -0.3 is 14.7 Å². The number of alkyl halides is 3. The Bertz CT molecular complexity index is 815. The van der Waals surface area contributed by atoms with Gasteiger partial charge in [0.2, 0.25) is 0 Å². The molecule has 1 aromatic heterocycles. The number of urea groups is 1. The fourth-order valence-electron chi connectivity index (χ4n) is 2.05. The van der Waals surface area contributed by atoms with E-state index in [1.54, 1.807) is 0 Å². The van der Waals surface area contributed by atoms with E-state index in [2.05, 4.69) is 10.3 Å². The molecule has 2 N–H and O–H groups in total. The highest BCUT2D eigenvalue weighted by Gasteiger charge is 2.39. The number of nitrogens with one attached hydrogen (secondary N) is 1. The van der Waals surface area contributed by atoms with Gasteiger partial charge in [-0.15, -0.1) is 0 Å². The van der Waals surface area contributed by atoms with Crippen LogP contribution in [0.1, 0.15) is 6.92 Å².